The van der Waals surface area contributed by atoms with Gasteiger partial charge in [0.2, 0.25) is 0 Å². The number of fused-ring (bicyclic) bond motifs is 1. The monoisotopic (exact) mass is 561 g/mol. The number of thioether (sulfide) groups is 1. The smallest absolute Gasteiger partial charge is 0.345 e. The second kappa shape index (κ2) is 9.25. The molecule has 3 aromatic carbocycles. The number of rotatable bonds is 5. The van der Waals surface area contributed by atoms with Crippen LogP contribution in [0.25, 0.3) is 27.9 Å². The number of benzene rings is 3. The number of hydrogen-bond acceptors (Lipinski definition) is 5. The molecule has 5 aromatic rings. The highest BCUT2D eigenvalue weighted by Gasteiger charge is 2.16. The van der Waals surface area contributed by atoms with Gasteiger partial charge < -0.3 is 4.42 Å². The van der Waals surface area contributed by atoms with Gasteiger partial charge in [0.1, 0.15) is 5.58 Å². The third kappa shape index (κ3) is 4.45. The van der Waals surface area contributed by atoms with Crippen molar-refractivity contribution in [3.8, 4) is 23.0 Å². The van der Waals surface area contributed by atoms with E-state index in [0.29, 0.717) is 28.2 Å². The first-order chi connectivity index (χ1) is 16.1. The summed E-state index contributed by atoms with van der Waals surface area (Å²) in [6.07, 6.45) is 1.86. The first-order valence-electron chi connectivity index (χ1n) is 10.1. The Morgan fingerprint density at radius 2 is 1.79 bits per heavy atom. The lowest BCUT2D eigenvalue weighted by atomic mass is 10.1. The summed E-state index contributed by atoms with van der Waals surface area (Å²) in [7, 11) is 0. The summed E-state index contributed by atoms with van der Waals surface area (Å²) >= 11 is 3.79. The molecule has 0 aliphatic heterocycles. The first-order valence-corrected chi connectivity index (χ1v) is 12.2. The van der Waals surface area contributed by atoms with Crippen LogP contribution in [0.1, 0.15) is 11.1 Å². The zero-order valence-corrected chi connectivity index (χ0v) is 20.2. The first kappa shape index (κ1) is 21.5. The van der Waals surface area contributed by atoms with Crippen LogP contribution >= 0.6 is 34.4 Å². The number of nitrogens with zero attached hydrogens (tertiary/aromatic N) is 3. The highest BCUT2D eigenvalue weighted by molar-refractivity contribution is 14.1. The number of para-hydroxylation sites is 1. The summed E-state index contributed by atoms with van der Waals surface area (Å²) in [4.78, 5) is 17.5. The summed E-state index contributed by atoms with van der Waals surface area (Å²) in [5, 5.41) is 11.0. The van der Waals surface area contributed by atoms with Crippen molar-refractivity contribution >= 4 is 45.3 Å². The van der Waals surface area contributed by atoms with Gasteiger partial charge in [0.25, 0.3) is 0 Å². The van der Waals surface area contributed by atoms with Crippen LogP contribution < -0.4 is 5.63 Å². The maximum Gasteiger partial charge on any atom is 0.345 e. The van der Waals surface area contributed by atoms with E-state index in [9.17, 15) is 10.1 Å². The van der Waals surface area contributed by atoms with Gasteiger partial charge in [-0.15, -0.1) is 0 Å². The quantitative estimate of drug-likeness (QED) is 0.141. The Balaban J connectivity index is 1.59. The maximum atomic E-state index is 12.7. The van der Waals surface area contributed by atoms with E-state index in [4.69, 9.17) is 9.40 Å². The second-order valence-corrected chi connectivity index (χ2v) is 9.49. The van der Waals surface area contributed by atoms with Crippen molar-refractivity contribution in [1.82, 2.24) is 9.55 Å². The summed E-state index contributed by atoms with van der Waals surface area (Å²) in [6, 6.07) is 27.1. The van der Waals surface area contributed by atoms with Crippen LogP contribution in [-0.2, 0) is 5.75 Å². The number of hydrogen-bond donors (Lipinski definition) is 0. The Morgan fingerprint density at radius 3 is 2.61 bits per heavy atom. The van der Waals surface area contributed by atoms with Crippen molar-refractivity contribution in [2.24, 2.45) is 0 Å². The van der Waals surface area contributed by atoms with E-state index in [2.05, 4.69) is 28.7 Å². The Kier molecular flexibility index (Phi) is 6.03. The fraction of sp³-hybridized carbons (Fsp3) is 0.0385. The van der Waals surface area contributed by atoms with Crippen LogP contribution in [0.5, 0.6) is 0 Å². The molecular formula is C26H16IN3O2S. The summed E-state index contributed by atoms with van der Waals surface area (Å²) in [5.74, 6) is 0.580. The third-order valence-corrected chi connectivity index (χ3v) is 6.91. The average Bonchev–Trinajstić information content (AvgIpc) is 3.27. The number of halogens is 1. The van der Waals surface area contributed by atoms with Gasteiger partial charge >= 0.3 is 5.63 Å². The Bertz CT molecular complexity index is 1570. The predicted molar refractivity (Wildman–Crippen MR) is 138 cm³/mol. The second-order valence-electron chi connectivity index (χ2n) is 7.30. The fourth-order valence-electron chi connectivity index (χ4n) is 3.52. The molecule has 33 heavy (non-hydrogen) atoms. The molecule has 0 amide bonds. The topological polar surface area (TPSA) is 71.8 Å². The molecule has 5 rings (SSSR count). The van der Waals surface area contributed by atoms with E-state index in [-0.39, 0.29) is 0 Å². The van der Waals surface area contributed by atoms with Gasteiger partial charge in [0.15, 0.2) is 5.16 Å². The predicted octanol–water partition coefficient (Wildman–Crippen LogP) is 6.41. The van der Waals surface area contributed by atoms with Crippen molar-refractivity contribution in [2.45, 2.75) is 10.9 Å². The summed E-state index contributed by atoms with van der Waals surface area (Å²) in [5.41, 5.74) is 3.61. The number of nitriles is 1. The van der Waals surface area contributed by atoms with Crippen molar-refractivity contribution in [3.05, 3.63) is 110 Å². The Hall–Kier alpha value is -3.35. The largest absolute Gasteiger partial charge is 0.422 e. The minimum Gasteiger partial charge on any atom is -0.422 e. The molecule has 0 saturated heterocycles. The molecular weight excluding hydrogens is 545 g/mol. The van der Waals surface area contributed by atoms with Crippen LogP contribution in [0.4, 0.5) is 0 Å². The van der Waals surface area contributed by atoms with Crippen molar-refractivity contribution in [1.29, 1.82) is 5.26 Å². The van der Waals surface area contributed by atoms with Crippen molar-refractivity contribution in [2.75, 3.05) is 0 Å². The molecule has 2 aromatic heterocycles. The van der Waals surface area contributed by atoms with Gasteiger partial charge in [0.05, 0.1) is 22.9 Å². The number of imidazole rings is 1. The van der Waals surface area contributed by atoms with Gasteiger partial charge in [-0.2, -0.15) is 5.26 Å². The minimum atomic E-state index is -0.424. The molecule has 0 spiro atoms. The zero-order chi connectivity index (χ0) is 22.8. The molecule has 0 N–H and O–H groups in total. The lowest BCUT2D eigenvalue weighted by Gasteiger charge is -2.08. The lowest BCUT2D eigenvalue weighted by Crippen LogP contribution is -2.02. The maximum absolute atomic E-state index is 12.7. The van der Waals surface area contributed by atoms with Crippen LogP contribution in [0.2, 0.25) is 0 Å². The number of aromatic nitrogens is 2. The summed E-state index contributed by atoms with van der Waals surface area (Å²) in [6.45, 7) is 0. The summed E-state index contributed by atoms with van der Waals surface area (Å²) < 4.78 is 8.63. The molecule has 0 saturated carbocycles. The normalized spacial score (nSPS) is 10.9. The molecule has 0 atom stereocenters. The molecule has 2 heterocycles. The van der Waals surface area contributed by atoms with Crippen molar-refractivity contribution in [3.63, 3.8) is 0 Å². The van der Waals surface area contributed by atoms with Gasteiger partial charge in [-0.1, -0.05) is 48.2 Å². The van der Waals surface area contributed by atoms with Crippen LogP contribution in [-0.4, -0.2) is 9.55 Å². The standard InChI is InChI=1S/C26H16IN3O2S/c27-20-9-11-21(12-10-20)30-15-23(22-13-17-5-3-4-8-24(17)32-25(22)31)29-26(30)33-16-19-7-2-1-6-18(19)14-28/h1-13,15H,16H2. The highest BCUT2D eigenvalue weighted by Crippen LogP contribution is 2.30. The SMILES string of the molecule is N#Cc1ccccc1CSc1nc(-c2cc3ccccc3oc2=O)cn1-c1ccc(I)cc1. The zero-order valence-electron chi connectivity index (χ0n) is 17.2. The van der Waals surface area contributed by atoms with Gasteiger partial charge in [-0.25, -0.2) is 9.78 Å². The van der Waals surface area contributed by atoms with E-state index in [1.165, 1.54) is 11.8 Å². The van der Waals surface area contributed by atoms with Crippen LogP contribution in [0, 0.1) is 14.9 Å². The Morgan fingerprint density at radius 1 is 1.03 bits per heavy atom. The molecule has 5 nitrogen and oxygen atoms in total. The molecule has 0 bridgehead atoms. The average molecular weight is 561 g/mol. The molecule has 0 aliphatic rings. The van der Waals surface area contributed by atoms with Gasteiger partial charge in [0, 0.05) is 26.6 Å². The molecule has 0 unspecified atom stereocenters. The van der Waals surface area contributed by atoms with E-state index >= 15 is 0 Å². The van der Waals surface area contributed by atoms with E-state index < -0.39 is 5.63 Å². The van der Waals surface area contributed by atoms with Crippen LogP contribution in [0.15, 0.2) is 99.4 Å². The molecule has 7 heteroatoms. The Labute approximate surface area is 207 Å². The van der Waals surface area contributed by atoms with Gasteiger partial charge in [-0.05, 0) is 70.6 Å². The molecule has 0 aliphatic carbocycles. The van der Waals surface area contributed by atoms with Crippen LogP contribution in [0.3, 0.4) is 0 Å². The minimum absolute atomic E-state index is 0.414. The van der Waals surface area contributed by atoms with E-state index in [0.717, 1.165) is 25.4 Å². The molecule has 160 valence electrons. The lowest BCUT2D eigenvalue weighted by molar-refractivity contribution is 0.563. The fourth-order valence-corrected chi connectivity index (χ4v) is 4.88. The third-order valence-electron chi connectivity index (χ3n) is 5.19. The molecule has 0 fully saturated rings. The van der Waals surface area contributed by atoms with Crippen molar-refractivity contribution < 1.29 is 4.42 Å². The van der Waals surface area contributed by atoms with E-state index in [1.807, 2.05) is 83.6 Å². The molecule has 0 radical (unpaired) electrons. The van der Waals surface area contributed by atoms with Gasteiger partial charge in [-0.3, -0.25) is 4.57 Å². The van der Waals surface area contributed by atoms with E-state index in [1.54, 1.807) is 6.07 Å². The highest BCUT2D eigenvalue weighted by atomic mass is 127.